The molecule has 1 amide bonds. The highest BCUT2D eigenvalue weighted by molar-refractivity contribution is 5.92. The van der Waals surface area contributed by atoms with Gasteiger partial charge in [0.15, 0.2) is 6.61 Å². The third-order valence-corrected chi connectivity index (χ3v) is 3.56. The fourth-order valence-corrected chi connectivity index (χ4v) is 2.31. The largest absolute Gasteiger partial charge is 0.483 e. The van der Waals surface area contributed by atoms with Gasteiger partial charge in [-0.3, -0.25) is 4.79 Å². The van der Waals surface area contributed by atoms with E-state index in [1.807, 2.05) is 56.3 Å². The molecular weight excluding hydrogens is 274 g/mol. The molecule has 2 aromatic rings. The minimum atomic E-state index is -0.144. The average molecular weight is 297 g/mol. The summed E-state index contributed by atoms with van der Waals surface area (Å²) in [6.45, 7) is 8.21. The van der Waals surface area contributed by atoms with Gasteiger partial charge in [-0.15, -0.1) is 0 Å². The van der Waals surface area contributed by atoms with Gasteiger partial charge in [-0.1, -0.05) is 44.2 Å². The van der Waals surface area contributed by atoms with E-state index in [0.717, 1.165) is 28.1 Å². The third kappa shape index (κ3) is 4.10. The van der Waals surface area contributed by atoms with Gasteiger partial charge in [-0.05, 0) is 48.6 Å². The van der Waals surface area contributed by atoms with Gasteiger partial charge >= 0.3 is 0 Å². The van der Waals surface area contributed by atoms with Crippen LogP contribution in [0.15, 0.2) is 42.5 Å². The number of rotatable bonds is 5. The topological polar surface area (TPSA) is 38.3 Å². The Morgan fingerprint density at radius 2 is 1.86 bits per heavy atom. The number of aryl methyl sites for hydroxylation is 2. The van der Waals surface area contributed by atoms with Crippen LogP contribution in [0.4, 0.5) is 5.69 Å². The number of para-hydroxylation sites is 1. The second kappa shape index (κ2) is 7.12. The van der Waals surface area contributed by atoms with E-state index in [1.54, 1.807) is 0 Å². The summed E-state index contributed by atoms with van der Waals surface area (Å²) in [5.41, 5.74) is 4.13. The minimum absolute atomic E-state index is 0.0106. The first-order valence-electron chi connectivity index (χ1n) is 7.56. The molecule has 0 aromatic heterocycles. The summed E-state index contributed by atoms with van der Waals surface area (Å²) >= 11 is 0. The lowest BCUT2D eigenvalue weighted by Gasteiger charge is -2.14. The summed E-state index contributed by atoms with van der Waals surface area (Å²) in [6, 6.07) is 13.8. The molecule has 0 aliphatic carbocycles. The van der Waals surface area contributed by atoms with Crippen molar-refractivity contribution in [2.75, 3.05) is 11.9 Å². The first-order valence-corrected chi connectivity index (χ1v) is 7.56. The van der Waals surface area contributed by atoms with Crippen LogP contribution < -0.4 is 10.1 Å². The van der Waals surface area contributed by atoms with Crippen LogP contribution in [0.1, 0.15) is 36.5 Å². The van der Waals surface area contributed by atoms with Crippen LogP contribution >= 0.6 is 0 Å². The van der Waals surface area contributed by atoms with Crippen LogP contribution in [0, 0.1) is 13.8 Å². The quantitative estimate of drug-likeness (QED) is 0.885. The summed E-state index contributed by atoms with van der Waals surface area (Å²) in [6.07, 6.45) is 0. The van der Waals surface area contributed by atoms with Crippen molar-refractivity contribution in [3.8, 4) is 5.75 Å². The Hall–Kier alpha value is -2.29. The number of hydrogen-bond donors (Lipinski definition) is 1. The minimum Gasteiger partial charge on any atom is -0.483 e. The number of carbonyl (C=O) groups is 1. The van der Waals surface area contributed by atoms with Crippen molar-refractivity contribution in [2.24, 2.45) is 0 Å². The van der Waals surface area contributed by atoms with Crippen LogP contribution in [0.3, 0.4) is 0 Å². The Morgan fingerprint density at radius 1 is 1.14 bits per heavy atom. The summed E-state index contributed by atoms with van der Waals surface area (Å²) < 4.78 is 5.64. The number of anilines is 1. The Balaban J connectivity index is 2.01. The lowest BCUT2D eigenvalue weighted by atomic mass is 10.0. The highest BCUT2D eigenvalue weighted by atomic mass is 16.5. The molecule has 3 heteroatoms. The monoisotopic (exact) mass is 297 g/mol. The highest BCUT2D eigenvalue weighted by Crippen LogP contribution is 2.24. The van der Waals surface area contributed by atoms with Crippen molar-refractivity contribution in [1.82, 2.24) is 0 Å². The van der Waals surface area contributed by atoms with Crippen LogP contribution in [0.2, 0.25) is 0 Å². The lowest BCUT2D eigenvalue weighted by molar-refractivity contribution is -0.118. The maximum absolute atomic E-state index is 12.1. The van der Waals surface area contributed by atoms with Crippen molar-refractivity contribution in [2.45, 2.75) is 33.6 Å². The van der Waals surface area contributed by atoms with Crippen molar-refractivity contribution >= 4 is 11.6 Å². The second-order valence-electron chi connectivity index (χ2n) is 5.85. The van der Waals surface area contributed by atoms with Crippen LogP contribution in [0.25, 0.3) is 0 Å². The molecule has 22 heavy (non-hydrogen) atoms. The summed E-state index contributed by atoms with van der Waals surface area (Å²) in [5.74, 6) is 0.970. The molecule has 0 radical (unpaired) electrons. The van der Waals surface area contributed by atoms with Gasteiger partial charge in [0.25, 0.3) is 5.91 Å². The Labute approximate surface area is 132 Å². The lowest BCUT2D eigenvalue weighted by Crippen LogP contribution is -2.21. The molecule has 0 aliphatic heterocycles. The summed E-state index contributed by atoms with van der Waals surface area (Å²) in [7, 11) is 0. The van der Waals surface area contributed by atoms with Crippen molar-refractivity contribution in [1.29, 1.82) is 0 Å². The molecule has 2 rings (SSSR count). The number of carbonyl (C=O) groups excluding carboxylic acids is 1. The standard InChI is InChI=1S/C19H23NO2/c1-13(2)16-7-5-6-8-17(16)20-19(21)12-22-18-11-14(3)9-10-15(18)4/h5-11,13H,12H2,1-4H3,(H,20,21). The normalized spacial score (nSPS) is 10.6. The Morgan fingerprint density at radius 3 is 2.59 bits per heavy atom. The van der Waals surface area contributed by atoms with Gasteiger partial charge in [0, 0.05) is 5.69 Å². The van der Waals surface area contributed by atoms with Crippen molar-refractivity contribution in [3.63, 3.8) is 0 Å². The predicted molar refractivity (Wildman–Crippen MR) is 90.6 cm³/mol. The SMILES string of the molecule is Cc1ccc(C)c(OCC(=O)Nc2ccccc2C(C)C)c1. The maximum atomic E-state index is 12.1. The smallest absolute Gasteiger partial charge is 0.262 e. The molecule has 0 spiro atoms. The molecule has 0 fully saturated rings. The molecule has 1 N–H and O–H groups in total. The molecule has 2 aromatic carbocycles. The molecule has 0 atom stereocenters. The van der Waals surface area contributed by atoms with Gasteiger partial charge in [0.05, 0.1) is 0 Å². The van der Waals surface area contributed by atoms with E-state index in [0.29, 0.717) is 5.92 Å². The van der Waals surface area contributed by atoms with Crippen molar-refractivity contribution in [3.05, 3.63) is 59.2 Å². The zero-order chi connectivity index (χ0) is 16.1. The predicted octanol–water partition coefficient (Wildman–Crippen LogP) is 4.44. The van der Waals surface area contributed by atoms with Crippen LogP contribution in [-0.4, -0.2) is 12.5 Å². The molecule has 0 unspecified atom stereocenters. The number of ether oxygens (including phenoxy) is 1. The molecular formula is C19H23NO2. The van der Waals surface area contributed by atoms with Gasteiger partial charge in [-0.25, -0.2) is 0 Å². The van der Waals surface area contributed by atoms with Gasteiger partial charge < -0.3 is 10.1 Å². The fraction of sp³-hybridized carbons (Fsp3) is 0.316. The second-order valence-corrected chi connectivity index (χ2v) is 5.85. The molecule has 0 saturated carbocycles. The Bertz CT molecular complexity index is 662. The zero-order valence-electron chi connectivity index (χ0n) is 13.6. The maximum Gasteiger partial charge on any atom is 0.262 e. The van der Waals surface area contributed by atoms with Crippen LogP contribution in [-0.2, 0) is 4.79 Å². The van der Waals surface area contributed by atoms with Gasteiger partial charge in [0.2, 0.25) is 0 Å². The van der Waals surface area contributed by atoms with Gasteiger partial charge in [-0.2, -0.15) is 0 Å². The molecule has 0 saturated heterocycles. The van der Waals surface area contributed by atoms with E-state index in [9.17, 15) is 4.79 Å². The average Bonchev–Trinajstić information content (AvgIpc) is 2.48. The van der Waals surface area contributed by atoms with E-state index < -0.39 is 0 Å². The third-order valence-electron chi connectivity index (χ3n) is 3.56. The molecule has 0 heterocycles. The number of amides is 1. The van der Waals surface area contributed by atoms with E-state index in [-0.39, 0.29) is 12.5 Å². The summed E-state index contributed by atoms with van der Waals surface area (Å²) in [5, 5.41) is 2.93. The van der Waals surface area contributed by atoms with E-state index in [4.69, 9.17) is 4.74 Å². The number of nitrogens with one attached hydrogen (secondary N) is 1. The Kier molecular flexibility index (Phi) is 5.21. The fourth-order valence-electron chi connectivity index (χ4n) is 2.31. The van der Waals surface area contributed by atoms with E-state index in [1.165, 1.54) is 0 Å². The molecule has 0 bridgehead atoms. The van der Waals surface area contributed by atoms with E-state index >= 15 is 0 Å². The summed E-state index contributed by atoms with van der Waals surface area (Å²) in [4.78, 5) is 12.1. The van der Waals surface area contributed by atoms with Crippen LogP contribution in [0.5, 0.6) is 5.75 Å². The molecule has 116 valence electrons. The first-order chi connectivity index (χ1) is 10.5. The molecule has 3 nitrogen and oxygen atoms in total. The molecule has 0 aliphatic rings. The highest BCUT2D eigenvalue weighted by Gasteiger charge is 2.10. The van der Waals surface area contributed by atoms with E-state index in [2.05, 4.69) is 19.2 Å². The number of hydrogen-bond acceptors (Lipinski definition) is 2. The van der Waals surface area contributed by atoms with Crippen molar-refractivity contribution < 1.29 is 9.53 Å². The first kappa shape index (κ1) is 16.1. The number of benzene rings is 2. The van der Waals surface area contributed by atoms with Gasteiger partial charge in [0.1, 0.15) is 5.75 Å². The zero-order valence-corrected chi connectivity index (χ0v) is 13.6.